The fourth-order valence-electron chi connectivity index (χ4n) is 6.74. The van der Waals surface area contributed by atoms with Crippen LogP contribution in [0.4, 0.5) is 0 Å². The predicted octanol–water partition coefficient (Wildman–Crippen LogP) is 6.59. The summed E-state index contributed by atoms with van der Waals surface area (Å²) >= 11 is 1.48. The SMILES string of the molecule is COc1ccc(CSC(CCCCN2C(=O)c3ccccc3C2=O)C(=O)NC2Cc3ccccc3CN(C(CC(C)C)C(=O)OC(C)(C)C)C2=O)cc1. The van der Waals surface area contributed by atoms with Gasteiger partial charge in [-0.25, -0.2) is 4.79 Å². The zero-order chi connectivity index (χ0) is 38.3. The second-order valence-electron chi connectivity index (χ2n) is 15.1. The Balaban J connectivity index is 1.34. The van der Waals surface area contributed by atoms with Crippen LogP contribution in [0.2, 0.25) is 0 Å². The van der Waals surface area contributed by atoms with E-state index in [9.17, 15) is 24.0 Å². The van der Waals surface area contributed by atoms with Gasteiger partial charge in [0.1, 0.15) is 23.4 Å². The number of rotatable bonds is 15. The lowest BCUT2D eigenvalue weighted by Gasteiger charge is -2.34. The normalized spacial score (nSPS) is 16.9. The summed E-state index contributed by atoms with van der Waals surface area (Å²) in [7, 11) is 1.61. The average molecular weight is 742 g/mol. The van der Waals surface area contributed by atoms with Crippen molar-refractivity contribution < 1.29 is 33.4 Å². The van der Waals surface area contributed by atoms with Crippen LogP contribution >= 0.6 is 11.8 Å². The van der Waals surface area contributed by atoms with Gasteiger partial charge < -0.3 is 19.7 Å². The smallest absolute Gasteiger partial charge is 0.329 e. The number of ether oxygens (including phenoxy) is 2. The molecular formula is C42H51N3O7S. The van der Waals surface area contributed by atoms with Crippen molar-refractivity contribution in [3.8, 4) is 5.75 Å². The molecule has 3 aromatic carbocycles. The van der Waals surface area contributed by atoms with E-state index >= 15 is 0 Å². The van der Waals surface area contributed by atoms with Crippen LogP contribution in [0.1, 0.15) is 97.7 Å². The number of hydrogen-bond acceptors (Lipinski definition) is 8. The van der Waals surface area contributed by atoms with Crippen LogP contribution in [0.5, 0.6) is 5.75 Å². The number of carbonyl (C=O) groups is 5. The summed E-state index contributed by atoms with van der Waals surface area (Å²) in [6, 6.07) is 20.5. The van der Waals surface area contributed by atoms with Gasteiger partial charge in [-0.1, -0.05) is 68.8 Å². The molecule has 1 N–H and O–H groups in total. The summed E-state index contributed by atoms with van der Waals surface area (Å²) in [5, 5.41) is 2.56. The molecule has 2 aliphatic heterocycles. The summed E-state index contributed by atoms with van der Waals surface area (Å²) in [6.45, 7) is 9.91. The number of amides is 4. The Morgan fingerprint density at radius 2 is 1.51 bits per heavy atom. The van der Waals surface area contributed by atoms with Crippen LogP contribution in [0.25, 0.3) is 0 Å². The summed E-state index contributed by atoms with van der Waals surface area (Å²) in [5.41, 5.74) is 2.96. The molecule has 0 aliphatic carbocycles. The zero-order valence-electron chi connectivity index (χ0n) is 31.6. The van der Waals surface area contributed by atoms with E-state index < -0.39 is 28.9 Å². The summed E-state index contributed by atoms with van der Waals surface area (Å²) in [6.07, 6.45) is 2.26. The highest BCUT2D eigenvalue weighted by Crippen LogP contribution is 2.29. The number of unbranched alkanes of at least 4 members (excludes halogenated alkanes) is 1. The first kappa shape index (κ1) is 39.6. The van der Waals surface area contributed by atoms with E-state index in [0.717, 1.165) is 22.4 Å². The Morgan fingerprint density at radius 3 is 2.11 bits per heavy atom. The van der Waals surface area contributed by atoms with E-state index in [-0.39, 0.29) is 49.1 Å². The Morgan fingerprint density at radius 1 is 0.887 bits per heavy atom. The van der Waals surface area contributed by atoms with Gasteiger partial charge in [-0.05, 0) is 86.9 Å². The van der Waals surface area contributed by atoms with Gasteiger partial charge in [0, 0.05) is 25.3 Å². The van der Waals surface area contributed by atoms with Gasteiger partial charge in [-0.2, -0.15) is 0 Å². The molecule has 3 unspecified atom stereocenters. The van der Waals surface area contributed by atoms with Crippen molar-refractivity contribution in [2.75, 3.05) is 13.7 Å². The first-order valence-corrected chi connectivity index (χ1v) is 19.4. The fourth-order valence-corrected chi connectivity index (χ4v) is 7.88. The van der Waals surface area contributed by atoms with Crippen LogP contribution in [0, 0.1) is 5.92 Å². The van der Waals surface area contributed by atoms with E-state index in [0.29, 0.717) is 42.6 Å². The van der Waals surface area contributed by atoms with E-state index in [1.807, 2.05) is 83.1 Å². The lowest BCUT2D eigenvalue weighted by Crippen LogP contribution is -2.55. The second kappa shape index (κ2) is 17.5. The topological polar surface area (TPSA) is 122 Å². The third-order valence-electron chi connectivity index (χ3n) is 9.41. The molecular weight excluding hydrogens is 691 g/mol. The molecule has 11 heteroatoms. The number of benzene rings is 3. The van der Waals surface area contributed by atoms with E-state index in [1.165, 1.54) is 16.7 Å². The van der Waals surface area contributed by atoms with Crippen LogP contribution in [0.3, 0.4) is 0 Å². The molecule has 0 bridgehead atoms. The first-order valence-electron chi connectivity index (χ1n) is 18.4. The molecule has 0 radical (unpaired) electrons. The van der Waals surface area contributed by atoms with Gasteiger partial charge in [0.2, 0.25) is 11.8 Å². The average Bonchev–Trinajstić information content (AvgIpc) is 3.27. The standard InChI is InChI=1S/C42H51N3O7S/c1-27(2)23-35(41(50)52-42(3,4)5)45-25-30-14-8-7-13-29(30)24-34(40(45)49)43-37(46)36(53-26-28-18-20-31(51-6)21-19-28)17-11-12-22-44-38(47)32-15-9-10-16-33(32)39(44)48/h7-10,13-16,18-21,27,34-36H,11-12,17,22-26H2,1-6H3,(H,43,46). The van der Waals surface area contributed by atoms with Crippen molar-refractivity contribution in [2.45, 2.75) is 102 Å². The van der Waals surface area contributed by atoms with Gasteiger partial charge >= 0.3 is 5.97 Å². The number of nitrogens with one attached hydrogen (secondary N) is 1. The maximum atomic E-state index is 14.5. The van der Waals surface area contributed by atoms with Gasteiger partial charge in [0.05, 0.1) is 23.5 Å². The molecule has 0 aromatic heterocycles. The zero-order valence-corrected chi connectivity index (χ0v) is 32.4. The number of imide groups is 1. The number of thioether (sulfide) groups is 1. The molecule has 53 heavy (non-hydrogen) atoms. The van der Waals surface area contributed by atoms with Gasteiger partial charge in [-0.15, -0.1) is 11.8 Å². The summed E-state index contributed by atoms with van der Waals surface area (Å²) in [5.74, 6) is -0.278. The maximum Gasteiger partial charge on any atom is 0.329 e. The quantitative estimate of drug-likeness (QED) is 0.105. The Labute approximate surface area is 317 Å². The van der Waals surface area contributed by atoms with Crippen LogP contribution in [0.15, 0.2) is 72.8 Å². The number of hydrogen-bond donors (Lipinski definition) is 1. The number of nitrogens with zero attached hydrogens (tertiary/aromatic N) is 2. The predicted molar refractivity (Wildman–Crippen MR) is 205 cm³/mol. The Bertz CT molecular complexity index is 1770. The Hall–Kier alpha value is -4.64. The molecule has 0 saturated heterocycles. The van der Waals surface area contributed by atoms with Gasteiger partial charge in [-0.3, -0.25) is 24.1 Å². The largest absolute Gasteiger partial charge is 0.497 e. The number of fused-ring (bicyclic) bond motifs is 2. The van der Waals surface area contributed by atoms with E-state index in [1.54, 1.807) is 36.3 Å². The van der Waals surface area contributed by atoms with Crippen molar-refractivity contribution in [1.29, 1.82) is 0 Å². The number of methoxy groups -OCH3 is 1. The molecule has 2 heterocycles. The van der Waals surface area contributed by atoms with E-state index in [2.05, 4.69) is 5.32 Å². The minimum absolute atomic E-state index is 0.103. The van der Waals surface area contributed by atoms with Gasteiger partial charge in [0.15, 0.2) is 0 Å². The molecule has 0 saturated carbocycles. The number of carbonyl (C=O) groups excluding carboxylic acids is 5. The minimum Gasteiger partial charge on any atom is -0.497 e. The molecule has 3 aromatic rings. The highest BCUT2D eigenvalue weighted by molar-refractivity contribution is 7.99. The second-order valence-corrected chi connectivity index (χ2v) is 16.3. The minimum atomic E-state index is -0.898. The lowest BCUT2D eigenvalue weighted by atomic mass is 10.0. The monoisotopic (exact) mass is 741 g/mol. The lowest BCUT2D eigenvalue weighted by molar-refractivity contribution is -0.166. The van der Waals surface area contributed by atoms with E-state index in [4.69, 9.17) is 9.47 Å². The van der Waals surface area contributed by atoms with Crippen molar-refractivity contribution >= 4 is 41.4 Å². The molecule has 2 aliphatic rings. The van der Waals surface area contributed by atoms with Crippen molar-refractivity contribution in [2.24, 2.45) is 5.92 Å². The molecule has 3 atom stereocenters. The Kier molecular flexibility index (Phi) is 13.0. The van der Waals surface area contributed by atoms with Crippen molar-refractivity contribution in [3.63, 3.8) is 0 Å². The summed E-state index contributed by atoms with van der Waals surface area (Å²) < 4.78 is 11.1. The fraction of sp³-hybridized carbons (Fsp3) is 0.452. The third-order valence-corrected chi connectivity index (χ3v) is 10.8. The highest BCUT2D eigenvalue weighted by atomic mass is 32.2. The molecule has 10 nitrogen and oxygen atoms in total. The van der Waals surface area contributed by atoms with Gasteiger partial charge in [0.25, 0.3) is 11.8 Å². The van der Waals surface area contributed by atoms with Crippen LogP contribution in [-0.4, -0.2) is 76.0 Å². The third kappa shape index (κ3) is 10.1. The molecule has 5 rings (SSSR count). The number of esters is 1. The molecule has 0 spiro atoms. The highest BCUT2D eigenvalue weighted by Gasteiger charge is 2.40. The van der Waals surface area contributed by atoms with Crippen LogP contribution in [-0.2, 0) is 37.8 Å². The molecule has 0 fully saturated rings. The van der Waals surface area contributed by atoms with Crippen molar-refractivity contribution in [1.82, 2.24) is 15.1 Å². The molecule has 282 valence electrons. The first-order chi connectivity index (χ1) is 25.3. The summed E-state index contributed by atoms with van der Waals surface area (Å²) in [4.78, 5) is 71.1. The maximum absolute atomic E-state index is 14.5. The van der Waals surface area contributed by atoms with Crippen LogP contribution < -0.4 is 10.1 Å². The van der Waals surface area contributed by atoms with Crippen molar-refractivity contribution in [3.05, 3.63) is 101 Å². The molecule has 4 amide bonds.